The molecule has 0 spiro atoms. The minimum absolute atomic E-state index is 0.582. The summed E-state index contributed by atoms with van der Waals surface area (Å²) in [6.07, 6.45) is 1.87. The van der Waals surface area contributed by atoms with Gasteiger partial charge in [0.15, 0.2) is 0 Å². The van der Waals surface area contributed by atoms with E-state index in [9.17, 15) is 0 Å². The zero-order valence-corrected chi connectivity index (χ0v) is 22.3. The fourth-order valence-corrected chi connectivity index (χ4v) is 6.72. The lowest BCUT2D eigenvalue weighted by Gasteiger charge is -2.08. The van der Waals surface area contributed by atoms with Crippen LogP contribution in [-0.4, -0.2) is 23.5 Å². The molecule has 6 nitrogen and oxygen atoms in total. The zero-order valence-electron chi connectivity index (χ0n) is 22.3. The summed E-state index contributed by atoms with van der Waals surface area (Å²) in [5.41, 5.74) is 9.17. The van der Waals surface area contributed by atoms with E-state index in [2.05, 4.69) is 111 Å². The van der Waals surface area contributed by atoms with Crippen LogP contribution in [0, 0.1) is 0 Å². The van der Waals surface area contributed by atoms with E-state index in [-0.39, 0.29) is 0 Å². The number of rotatable bonds is 2. The Morgan fingerprint density at radius 1 is 0.524 bits per heavy atom. The van der Waals surface area contributed by atoms with Crippen LogP contribution in [0.2, 0.25) is 0 Å². The van der Waals surface area contributed by atoms with Crippen molar-refractivity contribution in [2.45, 2.75) is 0 Å². The molecule has 0 atom stereocenters. The average Bonchev–Trinajstić information content (AvgIpc) is 3.77. The standard InChI is InChI=1S/C36H21N5O/c1-4-12-28-24(9-1)25-10-2-5-13-29(25)39(28)23-18-17-22-19-34-40(32(22)20-23)30-14-6-7-15-31(30)41(34)36-37-21-27-26-11-3-8-16-33(26)42-35(27)38-36/h1-21H. The van der Waals surface area contributed by atoms with Crippen molar-refractivity contribution < 1.29 is 4.42 Å². The van der Waals surface area contributed by atoms with Crippen molar-refractivity contribution in [1.29, 1.82) is 0 Å². The first kappa shape index (κ1) is 21.9. The van der Waals surface area contributed by atoms with Crippen LogP contribution >= 0.6 is 0 Å². The van der Waals surface area contributed by atoms with E-state index in [0.717, 1.165) is 49.6 Å². The second kappa shape index (κ2) is 7.86. The Kier molecular flexibility index (Phi) is 4.10. The number of imidazole rings is 1. The van der Waals surface area contributed by atoms with Crippen molar-refractivity contribution >= 4 is 71.5 Å². The Morgan fingerprint density at radius 2 is 1.19 bits per heavy atom. The molecule has 0 radical (unpaired) electrons. The molecule has 10 aromatic rings. The van der Waals surface area contributed by atoms with Gasteiger partial charge in [-0.05, 0) is 48.5 Å². The van der Waals surface area contributed by atoms with E-state index < -0.39 is 0 Å². The summed E-state index contributed by atoms with van der Waals surface area (Å²) in [6, 6.07) is 42.6. The van der Waals surface area contributed by atoms with E-state index in [1.54, 1.807) is 0 Å². The normalized spacial score (nSPS) is 12.3. The van der Waals surface area contributed by atoms with Gasteiger partial charge in [-0.25, -0.2) is 4.98 Å². The van der Waals surface area contributed by atoms with Gasteiger partial charge in [-0.15, -0.1) is 0 Å². The topological polar surface area (TPSA) is 53.2 Å². The Balaban J connectivity index is 1.27. The molecule has 0 aliphatic rings. The predicted octanol–water partition coefficient (Wildman–Crippen LogP) is 8.82. The average molecular weight is 540 g/mol. The number of aromatic nitrogens is 5. The molecule has 0 aliphatic heterocycles. The highest BCUT2D eigenvalue weighted by Crippen LogP contribution is 2.36. The molecule has 0 unspecified atom stereocenters. The SMILES string of the molecule is c1ccc2c(c1)oc1nc(-n3c4ccccc4n4c5cc(-n6c7ccccc7c7ccccc76)ccc5cc34)ncc12. The molecule has 0 N–H and O–H groups in total. The molecule has 10 rings (SSSR count). The van der Waals surface area contributed by atoms with Gasteiger partial charge in [-0.3, -0.25) is 8.97 Å². The third-order valence-corrected chi connectivity index (χ3v) is 8.52. The molecule has 5 aromatic heterocycles. The summed E-state index contributed by atoms with van der Waals surface area (Å²) in [5.74, 6) is 0.582. The molecular weight excluding hydrogens is 518 g/mol. The quantitative estimate of drug-likeness (QED) is 0.221. The molecule has 0 aliphatic carbocycles. The van der Waals surface area contributed by atoms with Crippen molar-refractivity contribution in [2.24, 2.45) is 0 Å². The van der Waals surface area contributed by atoms with Crippen LogP contribution in [0.3, 0.4) is 0 Å². The van der Waals surface area contributed by atoms with Crippen LogP contribution in [0.25, 0.3) is 83.1 Å². The number of para-hydroxylation sites is 5. The molecule has 0 fully saturated rings. The van der Waals surface area contributed by atoms with Gasteiger partial charge < -0.3 is 8.98 Å². The molecule has 42 heavy (non-hydrogen) atoms. The van der Waals surface area contributed by atoms with Crippen LogP contribution in [-0.2, 0) is 0 Å². The van der Waals surface area contributed by atoms with Crippen LogP contribution in [0.15, 0.2) is 132 Å². The van der Waals surface area contributed by atoms with Gasteiger partial charge in [0.05, 0.1) is 33.0 Å². The lowest BCUT2D eigenvalue weighted by molar-refractivity contribution is 0.651. The van der Waals surface area contributed by atoms with Gasteiger partial charge >= 0.3 is 0 Å². The second-order valence-electron chi connectivity index (χ2n) is 10.8. The van der Waals surface area contributed by atoms with Crippen molar-refractivity contribution in [3.05, 3.63) is 128 Å². The van der Waals surface area contributed by atoms with Gasteiger partial charge in [0.25, 0.3) is 0 Å². The van der Waals surface area contributed by atoms with Crippen LogP contribution in [0.4, 0.5) is 0 Å². The van der Waals surface area contributed by atoms with Gasteiger partial charge in [0.1, 0.15) is 11.2 Å². The first-order valence-corrected chi connectivity index (χ1v) is 14.0. The minimum Gasteiger partial charge on any atom is -0.438 e. The third-order valence-electron chi connectivity index (χ3n) is 8.52. The first-order chi connectivity index (χ1) is 20.8. The summed E-state index contributed by atoms with van der Waals surface area (Å²) >= 11 is 0. The summed E-state index contributed by atoms with van der Waals surface area (Å²) in [5, 5.41) is 5.59. The largest absolute Gasteiger partial charge is 0.438 e. The Bertz CT molecular complexity index is 2650. The second-order valence-corrected chi connectivity index (χ2v) is 10.8. The van der Waals surface area contributed by atoms with Crippen molar-refractivity contribution in [2.75, 3.05) is 0 Å². The molecule has 5 aromatic carbocycles. The van der Waals surface area contributed by atoms with Gasteiger partial charge in [0.2, 0.25) is 11.7 Å². The number of hydrogen-bond acceptors (Lipinski definition) is 3. The summed E-state index contributed by atoms with van der Waals surface area (Å²) in [6.45, 7) is 0. The van der Waals surface area contributed by atoms with Crippen molar-refractivity contribution in [1.82, 2.24) is 23.5 Å². The first-order valence-electron chi connectivity index (χ1n) is 14.0. The lowest BCUT2D eigenvalue weighted by Crippen LogP contribution is -2.00. The molecule has 0 saturated carbocycles. The molecule has 196 valence electrons. The highest BCUT2D eigenvalue weighted by Gasteiger charge is 2.20. The maximum atomic E-state index is 6.13. The Hall–Kier alpha value is -5.88. The van der Waals surface area contributed by atoms with Gasteiger partial charge in [0, 0.05) is 33.4 Å². The fourth-order valence-electron chi connectivity index (χ4n) is 6.72. The molecule has 0 bridgehead atoms. The van der Waals surface area contributed by atoms with Crippen molar-refractivity contribution in [3.63, 3.8) is 0 Å². The van der Waals surface area contributed by atoms with Crippen molar-refractivity contribution in [3.8, 4) is 11.6 Å². The summed E-state index contributed by atoms with van der Waals surface area (Å²) < 4.78 is 12.9. The molecule has 6 heteroatoms. The van der Waals surface area contributed by atoms with Crippen LogP contribution < -0.4 is 0 Å². The van der Waals surface area contributed by atoms with Gasteiger partial charge in [-0.2, -0.15) is 4.98 Å². The fraction of sp³-hybridized carbons (Fsp3) is 0. The minimum atomic E-state index is 0.582. The number of hydrogen-bond donors (Lipinski definition) is 0. The third kappa shape index (κ3) is 2.78. The Labute approximate surface area is 238 Å². The highest BCUT2D eigenvalue weighted by molar-refractivity contribution is 6.09. The van der Waals surface area contributed by atoms with E-state index in [1.807, 2.05) is 30.5 Å². The number of fused-ring (bicyclic) bond motifs is 11. The van der Waals surface area contributed by atoms with Crippen LogP contribution in [0.1, 0.15) is 0 Å². The molecule has 0 saturated heterocycles. The molecular formula is C36H21N5O. The summed E-state index contributed by atoms with van der Waals surface area (Å²) in [7, 11) is 0. The number of furan rings is 1. The van der Waals surface area contributed by atoms with Crippen LogP contribution in [0.5, 0.6) is 0 Å². The number of benzene rings is 5. The monoisotopic (exact) mass is 539 g/mol. The maximum absolute atomic E-state index is 6.13. The number of nitrogens with zero attached hydrogens (tertiary/aromatic N) is 5. The highest BCUT2D eigenvalue weighted by atomic mass is 16.3. The smallest absolute Gasteiger partial charge is 0.239 e. The molecule has 5 heterocycles. The van der Waals surface area contributed by atoms with E-state index >= 15 is 0 Å². The van der Waals surface area contributed by atoms with E-state index in [4.69, 9.17) is 14.4 Å². The van der Waals surface area contributed by atoms with E-state index in [0.29, 0.717) is 11.7 Å². The van der Waals surface area contributed by atoms with E-state index in [1.165, 1.54) is 21.8 Å². The predicted molar refractivity (Wildman–Crippen MR) is 169 cm³/mol. The summed E-state index contributed by atoms with van der Waals surface area (Å²) in [4.78, 5) is 9.76. The Morgan fingerprint density at radius 3 is 1.98 bits per heavy atom. The zero-order chi connectivity index (χ0) is 27.4. The van der Waals surface area contributed by atoms with Gasteiger partial charge in [-0.1, -0.05) is 72.8 Å². The lowest BCUT2D eigenvalue weighted by atomic mass is 10.2. The molecule has 0 amide bonds. The maximum Gasteiger partial charge on any atom is 0.239 e.